The summed E-state index contributed by atoms with van der Waals surface area (Å²) < 4.78 is 1.75. The Labute approximate surface area is 98.8 Å². The van der Waals surface area contributed by atoms with Gasteiger partial charge in [0.15, 0.2) is 0 Å². The van der Waals surface area contributed by atoms with Crippen LogP contribution in [0.5, 0.6) is 0 Å². The van der Waals surface area contributed by atoms with Crippen molar-refractivity contribution < 1.29 is 4.92 Å². The molecule has 1 aromatic carbocycles. The van der Waals surface area contributed by atoms with Crippen LogP contribution in [0.25, 0.3) is 5.69 Å². The fourth-order valence-corrected chi connectivity index (χ4v) is 1.62. The highest BCUT2D eigenvalue weighted by Crippen LogP contribution is 2.11. The number of nitro groups is 1. The van der Waals surface area contributed by atoms with Gasteiger partial charge in [0, 0.05) is 30.7 Å². The zero-order valence-corrected chi connectivity index (χ0v) is 9.48. The molecule has 2 rings (SSSR count). The molecule has 0 saturated carbocycles. The van der Waals surface area contributed by atoms with E-state index in [1.165, 1.54) is 0 Å². The first-order chi connectivity index (χ1) is 8.16. The Hall–Kier alpha value is -2.17. The molecule has 1 atom stereocenters. The lowest BCUT2D eigenvalue weighted by atomic mass is 10.1. The number of nitrogens with zero attached hydrogens (tertiary/aromatic N) is 3. The van der Waals surface area contributed by atoms with Crippen molar-refractivity contribution in [2.45, 2.75) is 19.4 Å². The maximum atomic E-state index is 10.5. The smallest absolute Gasteiger partial charge is 0.214 e. The molecule has 0 N–H and O–H groups in total. The van der Waals surface area contributed by atoms with Gasteiger partial charge in [0.1, 0.15) is 0 Å². The van der Waals surface area contributed by atoms with Crippen molar-refractivity contribution in [1.82, 2.24) is 9.78 Å². The van der Waals surface area contributed by atoms with Crippen molar-refractivity contribution in [3.05, 3.63) is 58.4 Å². The van der Waals surface area contributed by atoms with Crippen molar-refractivity contribution in [2.24, 2.45) is 0 Å². The van der Waals surface area contributed by atoms with E-state index in [0.29, 0.717) is 6.42 Å². The maximum absolute atomic E-state index is 10.5. The standard InChI is InChI=1S/C12H13N3O2/c1-10(15(16)17)9-11-3-5-12(6-4-11)14-8-2-7-13-14/h2-8,10H,9H2,1H3. The summed E-state index contributed by atoms with van der Waals surface area (Å²) in [4.78, 5) is 10.3. The number of benzene rings is 1. The Balaban J connectivity index is 2.11. The zero-order valence-electron chi connectivity index (χ0n) is 9.48. The fourth-order valence-electron chi connectivity index (χ4n) is 1.62. The van der Waals surface area contributed by atoms with Crippen LogP contribution in [0.2, 0.25) is 0 Å². The summed E-state index contributed by atoms with van der Waals surface area (Å²) in [6, 6.07) is 8.92. The normalized spacial score (nSPS) is 12.3. The molecular formula is C12H13N3O2. The Morgan fingerprint density at radius 3 is 2.65 bits per heavy atom. The van der Waals surface area contributed by atoms with E-state index in [-0.39, 0.29) is 4.92 Å². The number of rotatable bonds is 4. The van der Waals surface area contributed by atoms with Gasteiger partial charge in [-0.25, -0.2) is 4.68 Å². The van der Waals surface area contributed by atoms with Crippen LogP contribution in [0, 0.1) is 10.1 Å². The second-order valence-corrected chi connectivity index (χ2v) is 3.96. The average Bonchev–Trinajstić information content (AvgIpc) is 2.83. The Bertz CT molecular complexity index is 491. The van der Waals surface area contributed by atoms with Gasteiger partial charge < -0.3 is 0 Å². The summed E-state index contributed by atoms with van der Waals surface area (Å²) in [6.07, 6.45) is 4.02. The highest BCUT2D eigenvalue weighted by molar-refractivity contribution is 5.33. The van der Waals surface area contributed by atoms with Crippen molar-refractivity contribution in [3.8, 4) is 5.69 Å². The van der Waals surface area contributed by atoms with E-state index >= 15 is 0 Å². The minimum Gasteiger partial charge on any atom is -0.264 e. The van der Waals surface area contributed by atoms with E-state index in [4.69, 9.17) is 0 Å². The first-order valence-electron chi connectivity index (χ1n) is 5.39. The molecule has 1 aromatic heterocycles. The van der Waals surface area contributed by atoms with Crippen LogP contribution in [0.15, 0.2) is 42.7 Å². The topological polar surface area (TPSA) is 61.0 Å². The molecule has 0 amide bonds. The molecule has 17 heavy (non-hydrogen) atoms. The molecule has 0 spiro atoms. The van der Waals surface area contributed by atoms with Gasteiger partial charge in [-0.3, -0.25) is 10.1 Å². The van der Waals surface area contributed by atoms with Gasteiger partial charge >= 0.3 is 0 Å². The quantitative estimate of drug-likeness (QED) is 0.597. The lowest BCUT2D eigenvalue weighted by molar-refractivity contribution is -0.517. The Morgan fingerprint density at radius 1 is 1.41 bits per heavy atom. The Morgan fingerprint density at radius 2 is 2.12 bits per heavy atom. The zero-order chi connectivity index (χ0) is 12.3. The van der Waals surface area contributed by atoms with Gasteiger partial charge in [0.2, 0.25) is 6.04 Å². The van der Waals surface area contributed by atoms with E-state index < -0.39 is 6.04 Å². The molecule has 0 aliphatic carbocycles. The van der Waals surface area contributed by atoms with E-state index in [0.717, 1.165) is 11.3 Å². The molecule has 0 saturated heterocycles. The van der Waals surface area contributed by atoms with Crippen molar-refractivity contribution in [1.29, 1.82) is 0 Å². The summed E-state index contributed by atoms with van der Waals surface area (Å²) in [5.74, 6) is 0. The van der Waals surface area contributed by atoms with Crippen LogP contribution < -0.4 is 0 Å². The minimum atomic E-state index is -0.550. The highest BCUT2D eigenvalue weighted by Gasteiger charge is 2.13. The van der Waals surface area contributed by atoms with Gasteiger partial charge in [0.05, 0.1) is 5.69 Å². The molecule has 0 radical (unpaired) electrons. The second kappa shape index (κ2) is 4.78. The number of hydrogen-bond acceptors (Lipinski definition) is 3. The molecular weight excluding hydrogens is 218 g/mol. The van der Waals surface area contributed by atoms with Gasteiger partial charge in [-0.2, -0.15) is 5.10 Å². The number of hydrogen-bond donors (Lipinski definition) is 0. The van der Waals surface area contributed by atoms with Crippen LogP contribution >= 0.6 is 0 Å². The fraction of sp³-hybridized carbons (Fsp3) is 0.250. The average molecular weight is 231 g/mol. The van der Waals surface area contributed by atoms with Crippen LogP contribution in [0.3, 0.4) is 0 Å². The van der Waals surface area contributed by atoms with Gasteiger partial charge in [-0.1, -0.05) is 12.1 Å². The third-order valence-electron chi connectivity index (χ3n) is 2.60. The highest BCUT2D eigenvalue weighted by atomic mass is 16.6. The molecule has 1 heterocycles. The Kier molecular flexibility index (Phi) is 3.18. The summed E-state index contributed by atoms with van der Waals surface area (Å²) in [6.45, 7) is 1.61. The molecule has 0 bridgehead atoms. The molecule has 1 unspecified atom stereocenters. The second-order valence-electron chi connectivity index (χ2n) is 3.96. The molecule has 5 nitrogen and oxygen atoms in total. The summed E-state index contributed by atoms with van der Waals surface area (Å²) in [5.41, 5.74) is 1.91. The predicted molar refractivity (Wildman–Crippen MR) is 63.7 cm³/mol. The van der Waals surface area contributed by atoms with Crippen LogP contribution in [-0.2, 0) is 6.42 Å². The van der Waals surface area contributed by atoms with Crippen molar-refractivity contribution in [2.75, 3.05) is 0 Å². The number of aromatic nitrogens is 2. The van der Waals surface area contributed by atoms with Crippen LogP contribution in [0.1, 0.15) is 12.5 Å². The van der Waals surface area contributed by atoms with Crippen molar-refractivity contribution in [3.63, 3.8) is 0 Å². The maximum Gasteiger partial charge on any atom is 0.214 e. The van der Waals surface area contributed by atoms with E-state index in [9.17, 15) is 10.1 Å². The molecule has 5 heteroatoms. The van der Waals surface area contributed by atoms with Crippen LogP contribution in [-0.4, -0.2) is 20.7 Å². The summed E-state index contributed by atoms with van der Waals surface area (Å²) >= 11 is 0. The molecule has 2 aromatic rings. The van der Waals surface area contributed by atoms with Crippen molar-refractivity contribution >= 4 is 0 Å². The molecule has 0 aliphatic rings. The van der Waals surface area contributed by atoms with Gasteiger partial charge in [-0.15, -0.1) is 0 Å². The molecule has 0 aliphatic heterocycles. The minimum absolute atomic E-state index is 0.262. The largest absolute Gasteiger partial charge is 0.264 e. The SMILES string of the molecule is CC(Cc1ccc(-n2cccn2)cc1)[N+](=O)[O-]. The van der Waals surface area contributed by atoms with E-state index in [1.54, 1.807) is 17.8 Å². The first kappa shape index (κ1) is 11.3. The van der Waals surface area contributed by atoms with Crippen LogP contribution in [0.4, 0.5) is 0 Å². The predicted octanol–water partition coefficient (Wildman–Crippen LogP) is 2.08. The van der Waals surface area contributed by atoms with Gasteiger partial charge in [-0.05, 0) is 23.8 Å². The first-order valence-corrected chi connectivity index (χ1v) is 5.39. The summed E-state index contributed by atoms with van der Waals surface area (Å²) in [5, 5.41) is 14.7. The monoisotopic (exact) mass is 231 g/mol. The third-order valence-corrected chi connectivity index (χ3v) is 2.60. The lowest BCUT2D eigenvalue weighted by Crippen LogP contribution is -2.17. The van der Waals surface area contributed by atoms with E-state index in [1.807, 2.05) is 36.5 Å². The summed E-state index contributed by atoms with van der Waals surface area (Å²) in [7, 11) is 0. The van der Waals surface area contributed by atoms with E-state index in [2.05, 4.69) is 5.10 Å². The molecule has 0 fully saturated rings. The lowest BCUT2D eigenvalue weighted by Gasteiger charge is -2.05. The molecule has 88 valence electrons. The van der Waals surface area contributed by atoms with Gasteiger partial charge in [0.25, 0.3) is 0 Å². The third kappa shape index (κ3) is 2.69.